The van der Waals surface area contributed by atoms with Gasteiger partial charge in [-0.2, -0.15) is 18.2 Å². The normalized spacial score (nSPS) is 12.3. The highest BCUT2D eigenvalue weighted by atomic mass is 19.4. The lowest BCUT2D eigenvalue weighted by Gasteiger charge is -2.23. The van der Waals surface area contributed by atoms with E-state index in [1.807, 2.05) is 0 Å². The molecule has 0 saturated carbocycles. The number of alkyl halides is 8. The molecule has 0 aliphatic carbocycles. The maximum absolute atomic E-state index is 13.7. The van der Waals surface area contributed by atoms with Crippen molar-refractivity contribution >= 4 is 11.5 Å². The monoisotopic (exact) mass is 471 g/mol. The third-order valence-electron chi connectivity index (χ3n) is 3.83. The van der Waals surface area contributed by atoms with Gasteiger partial charge in [0.2, 0.25) is 5.88 Å². The Morgan fingerprint density at radius 1 is 1.03 bits per heavy atom. The number of hydrogen-bond acceptors (Lipinski definition) is 5. The van der Waals surface area contributed by atoms with Gasteiger partial charge in [0.15, 0.2) is 6.61 Å². The van der Waals surface area contributed by atoms with Crippen LogP contribution in [0.5, 0.6) is 11.6 Å². The van der Waals surface area contributed by atoms with Crippen molar-refractivity contribution in [1.82, 2.24) is 4.98 Å². The lowest BCUT2D eigenvalue weighted by molar-refractivity contribution is -0.274. The molecular weight excluding hydrogens is 454 g/mol. The summed E-state index contributed by atoms with van der Waals surface area (Å²) in [5.74, 6) is -4.81. The number of rotatable bonds is 8. The molecule has 0 bridgehead atoms. The highest BCUT2D eigenvalue weighted by Gasteiger charge is 2.31. The molecule has 0 unspecified atom stereocenters. The number of nitrogens with zero attached hydrogens (tertiary/aromatic N) is 2. The van der Waals surface area contributed by atoms with E-state index in [1.165, 1.54) is 24.1 Å². The molecule has 1 N–H and O–H groups in total. The van der Waals surface area contributed by atoms with Gasteiger partial charge in [-0.15, -0.1) is 13.2 Å². The van der Waals surface area contributed by atoms with Crippen LogP contribution in [0.1, 0.15) is 12.5 Å². The minimum atomic E-state index is -4.86. The number of hydrogen-bond donors (Lipinski definition) is 1. The second-order valence-corrected chi connectivity index (χ2v) is 6.54. The maximum atomic E-state index is 13.7. The van der Waals surface area contributed by atoms with Crippen molar-refractivity contribution in [2.24, 2.45) is 0 Å². The predicted octanol–water partition coefficient (Wildman–Crippen LogP) is 6.05. The topological polar surface area (TPSA) is 46.6 Å². The Hall–Kier alpha value is -3.25. The van der Waals surface area contributed by atoms with Crippen LogP contribution >= 0.6 is 0 Å². The molecule has 0 fully saturated rings. The first kappa shape index (κ1) is 25.0. The molecule has 1 aromatic heterocycles. The Bertz CT molecular complexity index is 938. The fourth-order valence-corrected chi connectivity index (χ4v) is 2.31. The van der Waals surface area contributed by atoms with E-state index in [0.717, 1.165) is 18.2 Å². The van der Waals surface area contributed by atoms with Gasteiger partial charge in [0.25, 0.3) is 5.92 Å². The van der Waals surface area contributed by atoms with E-state index in [0.29, 0.717) is 18.7 Å². The SMILES string of the molecule is C=C(Nc1cc(C(C)(F)F)cc(OCC(F)(F)F)n1)N(C)c1ccc(OC(F)(F)F)cc1. The fourth-order valence-electron chi connectivity index (χ4n) is 2.31. The van der Waals surface area contributed by atoms with Gasteiger partial charge in [-0.1, -0.05) is 6.58 Å². The van der Waals surface area contributed by atoms with Gasteiger partial charge in [-0.3, -0.25) is 0 Å². The van der Waals surface area contributed by atoms with Gasteiger partial charge in [0, 0.05) is 31.3 Å². The number of halogens is 8. The lowest BCUT2D eigenvalue weighted by atomic mass is 10.1. The summed E-state index contributed by atoms with van der Waals surface area (Å²) in [5, 5.41) is 2.56. The number of nitrogens with one attached hydrogen (secondary N) is 1. The van der Waals surface area contributed by atoms with Crippen molar-refractivity contribution < 1.29 is 44.6 Å². The zero-order valence-corrected chi connectivity index (χ0v) is 16.6. The molecule has 0 spiro atoms. The first-order valence-electron chi connectivity index (χ1n) is 8.69. The number of ether oxygens (including phenoxy) is 2. The van der Waals surface area contributed by atoms with E-state index in [1.54, 1.807) is 0 Å². The van der Waals surface area contributed by atoms with Gasteiger partial charge < -0.3 is 19.7 Å². The highest BCUT2D eigenvalue weighted by Crippen LogP contribution is 2.32. The average Bonchev–Trinajstić information content (AvgIpc) is 2.63. The zero-order valence-electron chi connectivity index (χ0n) is 16.6. The molecule has 1 aromatic carbocycles. The molecule has 0 atom stereocenters. The standard InChI is InChI=1S/C19H17F8N3O2/c1-11(30(3)13-4-6-14(7-5-13)32-19(25,26)27)28-15-8-12(17(2,20)21)9-16(29-15)31-10-18(22,23)24/h4-9H,1,10H2,2-3H3,(H,28,29). The zero-order chi connectivity index (χ0) is 24.3. The third kappa shape index (κ3) is 7.78. The van der Waals surface area contributed by atoms with Crippen molar-refractivity contribution in [3.8, 4) is 11.6 Å². The highest BCUT2D eigenvalue weighted by molar-refractivity contribution is 5.57. The van der Waals surface area contributed by atoms with Crippen molar-refractivity contribution in [1.29, 1.82) is 0 Å². The van der Waals surface area contributed by atoms with E-state index in [9.17, 15) is 35.1 Å². The van der Waals surface area contributed by atoms with E-state index in [4.69, 9.17) is 0 Å². The minimum Gasteiger partial charge on any atom is -0.468 e. The summed E-state index contributed by atoms with van der Waals surface area (Å²) in [5.41, 5.74) is -0.321. The Balaban J connectivity index is 2.20. The molecule has 0 amide bonds. The van der Waals surface area contributed by atoms with Gasteiger partial charge in [0.1, 0.15) is 17.4 Å². The summed E-state index contributed by atoms with van der Waals surface area (Å²) in [4.78, 5) is 5.06. The molecule has 0 radical (unpaired) electrons. The number of anilines is 2. The molecule has 2 aromatic rings. The smallest absolute Gasteiger partial charge is 0.468 e. The Kier molecular flexibility index (Phi) is 7.10. The van der Waals surface area contributed by atoms with Crippen molar-refractivity contribution in [2.75, 3.05) is 23.9 Å². The van der Waals surface area contributed by atoms with Crippen molar-refractivity contribution in [3.63, 3.8) is 0 Å². The quantitative estimate of drug-likeness (QED) is 0.475. The number of pyridine rings is 1. The largest absolute Gasteiger partial charge is 0.573 e. The lowest BCUT2D eigenvalue weighted by Crippen LogP contribution is -2.23. The molecule has 176 valence electrons. The van der Waals surface area contributed by atoms with Crippen LogP contribution in [0.15, 0.2) is 48.8 Å². The van der Waals surface area contributed by atoms with Crippen LogP contribution in [0.3, 0.4) is 0 Å². The summed E-state index contributed by atoms with van der Waals surface area (Å²) >= 11 is 0. The number of aromatic nitrogens is 1. The van der Waals surface area contributed by atoms with E-state index < -0.39 is 42.3 Å². The van der Waals surface area contributed by atoms with Crippen LogP contribution in [0.25, 0.3) is 0 Å². The third-order valence-corrected chi connectivity index (χ3v) is 3.83. The molecule has 1 heterocycles. The Morgan fingerprint density at radius 2 is 1.62 bits per heavy atom. The van der Waals surface area contributed by atoms with Crippen LogP contribution in [0.2, 0.25) is 0 Å². The summed E-state index contributed by atoms with van der Waals surface area (Å²) in [6, 6.07) is 6.23. The fraction of sp³-hybridized carbons (Fsp3) is 0.316. The molecule has 5 nitrogen and oxygen atoms in total. The Labute approximate surface area is 177 Å². The summed E-state index contributed by atoms with van der Waals surface area (Å²) in [6.07, 6.45) is -9.56. The van der Waals surface area contributed by atoms with Crippen LogP contribution in [0, 0.1) is 0 Å². The molecule has 2 rings (SSSR count). The molecular formula is C19H17F8N3O2. The molecule has 0 aliphatic heterocycles. The van der Waals surface area contributed by atoms with Gasteiger partial charge in [0.05, 0.1) is 0 Å². The van der Waals surface area contributed by atoms with Gasteiger partial charge in [-0.25, -0.2) is 8.78 Å². The summed E-state index contributed by atoms with van der Waals surface area (Å²) < 4.78 is 110. The van der Waals surface area contributed by atoms with E-state index in [-0.39, 0.29) is 11.6 Å². The number of benzene rings is 1. The molecule has 13 heteroatoms. The van der Waals surface area contributed by atoms with Crippen molar-refractivity contribution in [3.05, 3.63) is 54.4 Å². The first-order valence-corrected chi connectivity index (χ1v) is 8.69. The first-order chi connectivity index (χ1) is 14.5. The van der Waals surface area contributed by atoms with E-state index in [2.05, 4.69) is 26.4 Å². The summed E-state index contributed by atoms with van der Waals surface area (Å²) in [7, 11) is 1.45. The van der Waals surface area contributed by atoms with Gasteiger partial charge >= 0.3 is 12.5 Å². The predicted molar refractivity (Wildman–Crippen MR) is 99.6 cm³/mol. The molecule has 0 aliphatic rings. The van der Waals surface area contributed by atoms with Crippen LogP contribution in [-0.2, 0) is 5.92 Å². The molecule has 32 heavy (non-hydrogen) atoms. The minimum absolute atomic E-state index is 0.0281. The van der Waals surface area contributed by atoms with Gasteiger partial charge in [-0.05, 0) is 30.3 Å². The average molecular weight is 471 g/mol. The van der Waals surface area contributed by atoms with Crippen LogP contribution < -0.4 is 19.7 Å². The second kappa shape index (κ2) is 9.09. The maximum Gasteiger partial charge on any atom is 0.573 e. The Morgan fingerprint density at radius 3 is 2.12 bits per heavy atom. The van der Waals surface area contributed by atoms with E-state index >= 15 is 0 Å². The molecule has 0 saturated heterocycles. The van der Waals surface area contributed by atoms with Crippen molar-refractivity contribution in [2.45, 2.75) is 25.4 Å². The van der Waals surface area contributed by atoms with Crippen LogP contribution in [-0.4, -0.2) is 31.2 Å². The van der Waals surface area contributed by atoms with Crippen LogP contribution in [0.4, 0.5) is 46.6 Å². The second-order valence-electron chi connectivity index (χ2n) is 6.54. The summed E-state index contributed by atoms with van der Waals surface area (Å²) in [6.45, 7) is 2.49.